The summed E-state index contributed by atoms with van der Waals surface area (Å²) in [6.07, 6.45) is 3.64. The molecule has 6 heteroatoms. The van der Waals surface area contributed by atoms with Crippen LogP contribution >= 0.6 is 11.5 Å². The second kappa shape index (κ2) is 4.01. The first-order chi connectivity index (χ1) is 6.86. The highest BCUT2D eigenvalue weighted by molar-refractivity contribution is 7.03. The number of rotatable bonds is 3. The fourth-order valence-electron chi connectivity index (χ4n) is 1.00. The highest BCUT2D eigenvalue weighted by atomic mass is 32.1. The fraction of sp³-hybridized carbons (Fsp3) is 0.125. The zero-order valence-corrected chi connectivity index (χ0v) is 8.04. The summed E-state index contributed by atoms with van der Waals surface area (Å²) in [5, 5.41) is 8.01. The van der Waals surface area contributed by atoms with E-state index in [9.17, 15) is 4.79 Å². The summed E-state index contributed by atoms with van der Waals surface area (Å²) < 4.78 is 3.61. The molecule has 2 aromatic heterocycles. The number of carbonyl (C=O) groups excluding carboxylic acids is 1. The lowest BCUT2D eigenvalue weighted by molar-refractivity contribution is 0.0946. The average Bonchev–Trinajstić information content (AvgIpc) is 2.87. The van der Waals surface area contributed by atoms with Crippen molar-refractivity contribution in [2.75, 3.05) is 0 Å². The van der Waals surface area contributed by atoms with E-state index in [1.807, 2.05) is 18.5 Å². The Kier molecular flexibility index (Phi) is 2.55. The quantitative estimate of drug-likeness (QED) is 0.783. The van der Waals surface area contributed by atoms with E-state index in [0.717, 1.165) is 17.1 Å². The molecule has 2 heterocycles. The topological polar surface area (TPSA) is 70.7 Å². The summed E-state index contributed by atoms with van der Waals surface area (Å²) in [6, 6.07) is 1.90. The van der Waals surface area contributed by atoms with Crippen molar-refractivity contribution in [2.45, 2.75) is 6.54 Å². The second-order valence-electron chi connectivity index (χ2n) is 2.69. The Hall–Kier alpha value is -1.69. The van der Waals surface area contributed by atoms with Crippen molar-refractivity contribution in [1.82, 2.24) is 19.9 Å². The van der Waals surface area contributed by atoms with Gasteiger partial charge in [0.25, 0.3) is 5.91 Å². The number of nitrogens with one attached hydrogen (secondary N) is 2. The van der Waals surface area contributed by atoms with Crippen molar-refractivity contribution in [3.05, 3.63) is 35.1 Å². The monoisotopic (exact) mass is 208 g/mol. The first kappa shape index (κ1) is 8.89. The highest BCUT2D eigenvalue weighted by Crippen LogP contribution is 1.99. The third kappa shape index (κ3) is 1.97. The van der Waals surface area contributed by atoms with E-state index in [1.165, 1.54) is 0 Å². The molecule has 2 aromatic rings. The molecule has 5 nitrogen and oxygen atoms in total. The van der Waals surface area contributed by atoms with Gasteiger partial charge in [-0.05, 0) is 23.2 Å². The van der Waals surface area contributed by atoms with Gasteiger partial charge in [0, 0.05) is 24.3 Å². The second-order valence-corrected chi connectivity index (χ2v) is 3.30. The third-order valence-corrected chi connectivity index (χ3v) is 2.21. The zero-order valence-electron chi connectivity index (χ0n) is 7.23. The lowest BCUT2D eigenvalue weighted by Gasteiger charge is -1.99. The number of carbonyl (C=O) groups is 1. The summed E-state index contributed by atoms with van der Waals surface area (Å²) in [7, 11) is 0. The molecule has 0 atom stereocenters. The first-order valence-electron chi connectivity index (χ1n) is 4.03. The molecule has 0 aromatic carbocycles. The lowest BCUT2D eigenvalue weighted by Crippen LogP contribution is -2.22. The Morgan fingerprint density at radius 2 is 2.57 bits per heavy atom. The Balaban J connectivity index is 1.90. The maximum Gasteiger partial charge on any atom is 0.273 e. The van der Waals surface area contributed by atoms with Crippen molar-refractivity contribution in [2.24, 2.45) is 0 Å². The van der Waals surface area contributed by atoms with Gasteiger partial charge >= 0.3 is 0 Å². The molecular weight excluding hydrogens is 200 g/mol. The molecule has 0 aliphatic heterocycles. The molecule has 72 valence electrons. The van der Waals surface area contributed by atoms with Crippen molar-refractivity contribution in [3.63, 3.8) is 0 Å². The van der Waals surface area contributed by atoms with Gasteiger partial charge in [-0.25, -0.2) is 0 Å². The maximum absolute atomic E-state index is 11.4. The molecule has 0 spiro atoms. The predicted molar refractivity (Wildman–Crippen MR) is 51.9 cm³/mol. The van der Waals surface area contributed by atoms with Crippen LogP contribution in [0.25, 0.3) is 0 Å². The molecule has 2 rings (SSSR count). The molecule has 14 heavy (non-hydrogen) atoms. The number of aromatic amines is 1. The standard InChI is InChI=1S/C8H8N4OS/c13-8(7-5-14-12-11-7)10-4-6-1-2-9-3-6/h1-3,5,9H,4H2,(H,10,13). The van der Waals surface area contributed by atoms with Crippen LogP contribution in [-0.2, 0) is 6.54 Å². The van der Waals surface area contributed by atoms with Gasteiger partial charge in [-0.2, -0.15) is 0 Å². The third-order valence-electron chi connectivity index (χ3n) is 1.71. The summed E-state index contributed by atoms with van der Waals surface area (Å²) in [5.74, 6) is -0.194. The van der Waals surface area contributed by atoms with Crippen LogP contribution in [0.5, 0.6) is 0 Å². The van der Waals surface area contributed by atoms with Gasteiger partial charge < -0.3 is 10.3 Å². The normalized spacial score (nSPS) is 10.0. The number of nitrogens with zero attached hydrogens (tertiary/aromatic N) is 2. The summed E-state index contributed by atoms with van der Waals surface area (Å²) in [4.78, 5) is 14.3. The molecule has 0 saturated heterocycles. The molecule has 2 N–H and O–H groups in total. The Bertz CT molecular complexity index is 395. The summed E-state index contributed by atoms with van der Waals surface area (Å²) in [5.41, 5.74) is 1.40. The molecule has 1 amide bonds. The van der Waals surface area contributed by atoms with Crippen LogP contribution in [0.15, 0.2) is 23.8 Å². The van der Waals surface area contributed by atoms with E-state index in [0.29, 0.717) is 12.2 Å². The number of aromatic nitrogens is 3. The summed E-state index contributed by atoms with van der Waals surface area (Å²) >= 11 is 1.16. The van der Waals surface area contributed by atoms with Crippen molar-refractivity contribution >= 4 is 17.4 Å². The number of hydrogen-bond acceptors (Lipinski definition) is 4. The van der Waals surface area contributed by atoms with Gasteiger partial charge in [-0.15, -0.1) is 5.10 Å². The highest BCUT2D eigenvalue weighted by Gasteiger charge is 2.07. The minimum atomic E-state index is -0.194. The van der Waals surface area contributed by atoms with Gasteiger partial charge in [-0.3, -0.25) is 4.79 Å². The Morgan fingerprint density at radius 3 is 3.21 bits per heavy atom. The molecule has 0 aliphatic rings. The van der Waals surface area contributed by atoms with E-state index >= 15 is 0 Å². The van der Waals surface area contributed by atoms with Gasteiger partial charge in [0.1, 0.15) is 0 Å². The SMILES string of the molecule is O=C(NCc1cc[nH]c1)c1csnn1. The molecule has 0 saturated carbocycles. The van der Waals surface area contributed by atoms with Crippen LogP contribution in [0, 0.1) is 0 Å². The molecule has 0 unspecified atom stereocenters. The van der Waals surface area contributed by atoms with Crippen LogP contribution in [-0.4, -0.2) is 20.5 Å². The van der Waals surface area contributed by atoms with E-state index < -0.39 is 0 Å². The molecule has 0 aliphatic carbocycles. The number of H-pyrrole nitrogens is 1. The van der Waals surface area contributed by atoms with Gasteiger partial charge in [0.2, 0.25) is 0 Å². The smallest absolute Gasteiger partial charge is 0.273 e. The van der Waals surface area contributed by atoms with Crippen LogP contribution in [0.3, 0.4) is 0 Å². The minimum Gasteiger partial charge on any atom is -0.367 e. The predicted octanol–water partition coefficient (Wildman–Crippen LogP) is 0.796. The Morgan fingerprint density at radius 1 is 1.64 bits per heavy atom. The molecule has 0 fully saturated rings. The van der Waals surface area contributed by atoms with E-state index in [2.05, 4.69) is 19.9 Å². The number of hydrogen-bond donors (Lipinski definition) is 2. The maximum atomic E-state index is 11.4. The van der Waals surface area contributed by atoms with Crippen LogP contribution in [0.4, 0.5) is 0 Å². The fourth-order valence-corrected chi connectivity index (χ4v) is 1.44. The van der Waals surface area contributed by atoms with Crippen molar-refractivity contribution in [1.29, 1.82) is 0 Å². The van der Waals surface area contributed by atoms with Gasteiger partial charge in [0.15, 0.2) is 5.69 Å². The van der Waals surface area contributed by atoms with E-state index in [4.69, 9.17) is 0 Å². The van der Waals surface area contributed by atoms with Gasteiger partial charge in [0.05, 0.1) is 0 Å². The molecule has 0 radical (unpaired) electrons. The van der Waals surface area contributed by atoms with E-state index in [1.54, 1.807) is 5.38 Å². The van der Waals surface area contributed by atoms with Crippen molar-refractivity contribution < 1.29 is 4.79 Å². The Labute approximate surface area is 84.3 Å². The lowest BCUT2D eigenvalue weighted by atomic mass is 10.3. The average molecular weight is 208 g/mol. The minimum absolute atomic E-state index is 0.194. The van der Waals surface area contributed by atoms with Crippen molar-refractivity contribution in [3.8, 4) is 0 Å². The zero-order chi connectivity index (χ0) is 9.80. The summed E-state index contributed by atoms with van der Waals surface area (Å²) in [6.45, 7) is 0.500. The van der Waals surface area contributed by atoms with E-state index in [-0.39, 0.29) is 5.91 Å². The molecule has 0 bridgehead atoms. The molecular formula is C8H8N4OS. The van der Waals surface area contributed by atoms with Crippen LogP contribution in [0.2, 0.25) is 0 Å². The van der Waals surface area contributed by atoms with Crippen LogP contribution < -0.4 is 5.32 Å². The van der Waals surface area contributed by atoms with Crippen LogP contribution in [0.1, 0.15) is 16.1 Å². The number of amides is 1. The largest absolute Gasteiger partial charge is 0.367 e. The van der Waals surface area contributed by atoms with Gasteiger partial charge in [-0.1, -0.05) is 4.49 Å². The first-order valence-corrected chi connectivity index (χ1v) is 4.87.